The summed E-state index contributed by atoms with van der Waals surface area (Å²) in [7, 11) is 1.68. The van der Waals surface area contributed by atoms with E-state index in [0.717, 1.165) is 16.4 Å². The second-order valence-electron chi connectivity index (χ2n) is 4.93. The second kappa shape index (κ2) is 9.51. The van der Waals surface area contributed by atoms with Crippen molar-refractivity contribution in [1.82, 2.24) is 10.6 Å². The lowest BCUT2D eigenvalue weighted by Gasteiger charge is -2.18. The molecule has 23 heavy (non-hydrogen) atoms. The van der Waals surface area contributed by atoms with Gasteiger partial charge in [0, 0.05) is 18.5 Å². The molecular formula is C15H21ClIN3O2S. The Kier molecular flexibility index (Phi) is 8.38. The third kappa shape index (κ3) is 5.98. The summed E-state index contributed by atoms with van der Waals surface area (Å²) in [5.41, 5.74) is 0. The quantitative estimate of drug-likeness (QED) is 0.353. The lowest BCUT2D eigenvalue weighted by atomic mass is 10.2. The van der Waals surface area contributed by atoms with E-state index in [1.54, 1.807) is 13.1 Å². The molecular weight excluding hydrogens is 449 g/mol. The van der Waals surface area contributed by atoms with Gasteiger partial charge in [0.05, 0.1) is 10.4 Å². The van der Waals surface area contributed by atoms with Gasteiger partial charge in [-0.05, 0) is 38.1 Å². The number of nitrogens with zero attached hydrogens (tertiary/aromatic N) is 1. The summed E-state index contributed by atoms with van der Waals surface area (Å²) in [6.07, 6.45) is -0.628. The topological polar surface area (TPSA) is 69.8 Å². The Morgan fingerprint density at radius 3 is 2.65 bits per heavy atom. The SMILES string of the molecule is CN=C(NCC(O)c1ccc(Cl)s1)NC(C)c1ccc(C)o1.I. The maximum atomic E-state index is 10.1. The number of aryl methyl sites for hydroxylation is 1. The molecule has 0 saturated carbocycles. The number of hydrogen-bond acceptors (Lipinski definition) is 4. The van der Waals surface area contributed by atoms with E-state index in [-0.39, 0.29) is 30.0 Å². The first kappa shape index (κ1) is 20.3. The van der Waals surface area contributed by atoms with Crippen molar-refractivity contribution >= 4 is 52.9 Å². The summed E-state index contributed by atoms with van der Waals surface area (Å²) in [6, 6.07) is 7.44. The van der Waals surface area contributed by atoms with Crippen LogP contribution in [0, 0.1) is 6.92 Å². The molecule has 0 aromatic carbocycles. The fraction of sp³-hybridized carbons (Fsp3) is 0.400. The van der Waals surface area contributed by atoms with Gasteiger partial charge in [-0.2, -0.15) is 0 Å². The maximum Gasteiger partial charge on any atom is 0.191 e. The first-order valence-electron chi connectivity index (χ1n) is 6.96. The molecule has 2 atom stereocenters. The number of aliphatic hydroxyl groups is 1. The van der Waals surface area contributed by atoms with Crippen LogP contribution in [0.2, 0.25) is 4.34 Å². The van der Waals surface area contributed by atoms with Gasteiger partial charge in [0.2, 0.25) is 0 Å². The summed E-state index contributed by atoms with van der Waals surface area (Å²) in [5.74, 6) is 2.31. The fourth-order valence-corrected chi connectivity index (χ4v) is 3.01. The predicted octanol–water partition coefficient (Wildman–Crippen LogP) is 3.88. The molecule has 2 rings (SSSR count). The molecule has 2 heterocycles. The van der Waals surface area contributed by atoms with Crippen LogP contribution in [0.25, 0.3) is 0 Å². The van der Waals surface area contributed by atoms with Gasteiger partial charge < -0.3 is 20.2 Å². The molecule has 0 aliphatic rings. The Labute approximate surface area is 162 Å². The van der Waals surface area contributed by atoms with E-state index in [2.05, 4.69) is 15.6 Å². The largest absolute Gasteiger partial charge is 0.464 e. The van der Waals surface area contributed by atoms with Crippen LogP contribution in [-0.4, -0.2) is 24.7 Å². The lowest BCUT2D eigenvalue weighted by Crippen LogP contribution is -2.40. The zero-order valence-corrected chi connectivity index (χ0v) is 17.1. The second-order valence-corrected chi connectivity index (χ2v) is 6.67. The highest BCUT2D eigenvalue weighted by Gasteiger charge is 2.14. The van der Waals surface area contributed by atoms with Gasteiger partial charge in [-0.25, -0.2) is 0 Å². The van der Waals surface area contributed by atoms with Crippen molar-refractivity contribution in [3.05, 3.63) is 45.0 Å². The highest BCUT2D eigenvalue weighted by atomic mass is 127. The maximum absolute atomic E-state index is 10.1. The zero-order valence-electron chi connectivity index (χ0n) is 13.2. The number of aliphatic imine (C=N–C) groups is 1. The molecule has 2 aromatic rings. The Morgan fingerprint density at radius 1 is 1.39 bits per heavy atom. The van der Waals surface area contributed by atoms with Crippen LogP contribution in [0.5, 0.6) is 0 Å². The number of nitrogens with one attached hydrogen (secondary N) is 2. The molecule has 3 N–H and O–H groups in total. The van der Waals surface area contributed by atoms with Crippen molar-refractivity contribution < 1.29 is 9.52 Å². The Morgan fingerprint density at radius 2 is 2.13 bits per heavy atom. The summed E-state index contributed by atoms with van der Waals surface area (Å²) in [6.45, 7) is 4.24. The van der Waals surface area contributed by atoms with Crippen molar-refractivity contribution in [2.24, 2.45) is 4.99 Å². The Balaban J connectivity index is 0.00000264. The molecule has 2 aromatic heterocycles. The predicted molar refractivity (Wildman–Crippen MR) is 106 cm³/mol. The highest BCUT2D eigenvalue weighted by Crippen LogP contribution is 2.26. The molecule has 128 valence electrons. The first-order valence-corrected chi connectivity index (χ1v) is 8.16. The van der Waals surface area contributed by atoms with Gasteiger partial charge in [0.25, 0.3) is 0 Å². The van der Waals surface area contributed by atoms with Crippen molar-refractivity contribution in [3.63, 3.8) is 0 Å². The molecule has 5 nitrogen and oxygen atoms in total. The van der Waals surface area contributed by atoms with Crippen LogP contribution in [-0.2, 0) is 0 Å². The number of hydrogen-bond donors (Lipinski definition) is 3. The molecule has 0 amide bonds. The molecule has 0 bridgehead atoms. The smallest absolute Gasteiger partial charge is 0.191 e. The summed E-state index contributed by atoms with van der Waals surface area (Å²) >= 11 is 7.24. The Hall–Kier alpha value is -0.770. The van der Waals surface area contributed by atoms with Gasteiger partial charge in [0.15, 0.2) is 5.96 Å². The van der Waals surface area contributed by atoms with Crippen molar-refractivity contribution in [1.29, 1.82) is 0 Å². The van der Waals surface area contributed by atoms with Crippen molar-refractivity contribution in [2.45, 2.75) is 26.0 Å². The van der Waals surface area contributed by atoms with Crippen LogP contribution >= 0.6 is 46.9 Å². The highest BCUT2D eigenvalue weighted by molar-refractivity contribution is 14.0. The summed E-state index contributed by atoms with van der Waals surface area (Å²) < 4.78 is 6.25. The average Bonchev–Trinajstić information content (AvgIpc) is 3.11. The number of rotatable bonds is 5. The van der Waals surface area contributed by atoms with Gasteiger partial charge in [0.1, 0.15) is 17.6 Å². The number of furan rings is 1. The normalized spacial score (nSPS) is 14.0. The summed E-state index contributed by atoms with van der Waals surface area (Å²) in [4.78, 5) is 4.97. The molecule has 0 aliphatic heterocycles. The third-order valence-corrected chi connectivity index (χ3v) is 4.48. The van der Waals surface area contributed by atoms with E-state index in [0.29, 0.717) is 16.8 Å². The Bertz CT molecular complexity index is 644. The molecule has 0 saturated heterocycles. The molecule has 2 unspecified atom stereocenters. The van der Waals surface area contributed by atoms with Gasteiger partial charge in [-0.15, -0.1) is 35.3 Å². The van der Waals surface area contributed by atoms with Crippen molar-refractivity contribution in [2.75, 3.05) is 13.6 Å². The van der Waals surface area contributed by atoms with Crippen LogP contribution in [0.4, 0.5) is 0 Å². The van der Waals surface area contributed by atoms with Crippen LogP contribution in [0.1, 0.15) is 35.5 Å². The van der Waals surface area contributed by atoms with E-state index in [1.807, 2.05) is 32.0 Å². The minimum Gasteiger partial charge on any atom is -0.464 e. The fourth-order valence-electron chi connectivity index (χ4n) is 1.96. The van der Waals surface area contributed by atoms with Gasteiger partial charge >= 0.3 is 0 Å². The number of halogens is 2. The van der Waals surface area contributed by atoms with E-state index >= 15 is 0 Å². The van der Waals surface area contributed by atoms with Crippen molar-refractivity contribution in [3.8, 4) is 0 Å². The molecule has 0 spiro atoms. The van der Waals surface area contributed by atoms with E-state index < -0.39 is 6.10 Å². The van der Waals surface area contributed by atoms with Gasteiger partial charge in [-0.1, -0.05) is 11.6 Å². The van der Waals surface area contributed by atoms with E-state index in [9.17, 15) is 5.11 Å². The number of thiophene rings is 1. The lowest BCUT2D eigenvalue weighted by molar-refractivity contribution is 0.184. The van der Waals surface area contributed by atoms with Gasteiger partial charge in [-0.3, -0.25) is 4.99 Å². The average molecular weight is 470 g/mol. The van der Waals surface area contributed by atoms with Crippen LogP contribution < -0.4 is 10.6 Å². The molecule has 8 heteroatoms. The molecule has 0 aliphatic carbocycles. The van der Waals surface area contributed by atoms with Crippen LogP contribution in [0.3, 0.4) is 0 Å². The third-order valence-electron chi connectivity index (χ3n) is 3.15. The van der Waals surface area contributed by atoms with Crippen LogP contribution in [0.15, 0.2) is 33.7 Å². The number of guanidine groups is 1. The van der Waals surface area contributed by atoms with E-state index in [4.69, 9.17) is 16.0 Å². The molecule has 0 fully saturated rings. The van der Waals surface area contributed by atoms with E-state index in [1.165, 1.54) is 11.3 Å². The monoisotopic (exact) mass is 469 g/mol. The molecule has 0 radical (unpaired) electrons. The minimum absolute atomic E-state index is 0. The zero-order chi connectivity index (χ0) is 16.1. The summed E-state index contributed by atoms with van der Waals surface area (Å²) in [5, 5.41) is 16.4. The minimum atomic E-state index is -0.628. The number of aliphatic hydroxyl groups excluding tert-OH is 1. The first-order chi connectivity index (χ1) is 10.5. The standard InChI is InChI=1S/C15H20ClN3O2S.HI/c1-9-4-5-12(21-9)10(2)19-15(17-3)18-8-11(20)13-6-7-14(16)22-13;/h4-7,10-11,20H,8H2,1-3H3,(H2,17,18,19);1H.